The van der Waals surface area contributed by atoms with Crippen LogP contribution in [-0.4, -0.2) is 13.7 Å². The van der Waals surface area contributed by atoms with E-state index in [0.717, 1.165) is 35.5 Å². The fourth-order valence-electron chi connectivity index (χ4n) is 4.80. The number of hydrogen-bond acceptors (Lipinski definition) is 1. The quantitative estimate of drug-likeness (QED) is 0.401. The van der Waals surface area contributed by atoms with Crippen LogP contribution in [0.5, 0.6) is 0 Å². The number of rotatable bonds is 7. The van der Waals surface area contributed by atoms with Crippen molar-refractivity contribution < 1.29 is 13.5 Å². The fraction of sp³-hybridized carbons (Fsp3) is 0.407. The van der Waals surface area contributed by atoms with Gasteiger partial charge >= 0.3 is 0 Å². The summed E-state index contributed by atoms with van der Waals surface area (Å²) in [6.07, 6.45) is 7.39. The molecule has 0 saturated heterocycles. The summed E-state index contributed by atoms with van der Waals surface area (Å²) in [6, 6.07) is 16.7. The molecule has 1 aliphatic carbocycles. The highest BCUT2D eigenvalue weighted by molar-refractivity contribution is 5.84. The summed E-state index contributed by atoms with van der Waals surface area (Å²) in [7, 11) is 1.77. The third-order valence-corrected chi connectivity index (χ3v) is 6.70. The Hall–Kier alpha value is -2.26. The van der Waals surface area contributed by atoms with Gasteiger partial charge in [0.15, 0.2) is 0 Å². The number of fused-ring (bicyclic) bond motifs is 1. The summed E-state index contributed by atoms with van der Waals surface area (Å²) in [6.45, 7) is 0.855. The van der Waals surface area contributed by atoms with Crippen LogP contribution in [0.4, 0.5) is 8.78 Å². The molecule has 1 saturated carbocycles. The molecule has 0 spiro atoms. The monoisotopic (exact) mass is 408 g/mol. The summed E-state index contributed by atoms with van der Waals surface area (Å²) < 4.78 is 33.4. The van der Waals surface area contributed by atoms with Crippen LogP contribution >= 0.6 is 0 Å². The zero-order valence-electron chi connectivity index (χ0n) is 17.7. The van der Waals surface area contributed by atoms with Crippen molar-refractivity contribution >= 4 is 10.8 Å². The van der Waals surface area contributed by atoms with Gasteiger partial charge in [-0.3, -0.25) is 0 Å². The zero-order valence-corrected chi connectivity index (χ0v) is 17.7. The molecule has 30 heavy (non-hydrogen) atoms. The first-order chi connectivity index (χ1) is 14.6. The van der Waals surface area contributed by atoms with Crippen molar-refractivity contribution in [3.8, 4) is 0 Å². The van der Waals surface area contributed by atoms with Crippen LogP contribution in [0, 0.1) is 17.6 Å². The minimum Gasteiger partial charge on any atom is -0.385 e. The van der Waals surface area contributed by atoms with E-state index in [1.54, 1.807) is 19.2 Å². The molecule has 0 atom stereocenters. The van der Waals surface area contributed by atoms with Gasteiger partial charge in [-0.2, -0.15) is 0 Å². The number of methoxy groups -OCH3 is 1. The van der Waals surface area contributed by atoms with Gasteiger partial charge in [-0.1, -0.05) is 42.5 Å². The second kappa shape index (κ2) is 9.70. The molecule has 0 N–H and O–H groups in total. The number of benzene rings is 3. The van der Waals surface area contributed by atoms with Crippen LogP contribution in [0.15, 0.2) is 54.6 Å². The minimum atomic E-state index is -0.241. The number of ether oxygens (including phenoxy) is 1. The molecule has 158 valence electrons. The zero-order chi connectivity index (χ0) is 20.9. The van der Waals surface area contributed by atoms with Gasteiger partial charge < -0.3 is 4.74 Å². The summed E-state index contributed by atoms with van der Waals surface area (Å²) in [5, 5.41) is 1.68. The Bertz CT molecular complexity index is 972. The van der Waals surface area contributed by atoms with Gasteiger partial charge in [-0.15, -0.1) is 0 Å². The molecule has 4 rings (SSSR count). The number of halogens is 2. The maximum Gasteiger partial charge on any atom is 0.134 e. The molecule has 1 nitrogen and oxygen atoms in total. The summed E-state index contributed by atoms with van der Waals surface area (Å²) in [4.78, 5) is 0. The highest BCUT2D eigenvalue weighted by Crippen LogP contribution is 2.38. The first-order valence-corrected chi connectivity index (χ1v) is 11.1. The third kappa shape index (κ3) is 4.89. The second-order valence-corrected chi connectivity index (χ2v) is 8.64. The van der Waals surface area contributed by atoms with E-state index in [9.17, 15) is 4.39 Å². The molecule has 0 aromatic heterocycles. The van der Waals surface area contributed by atoms with Gasteiger partial charge in [-0.25, -0.2) is 8.78 Å². The minimum absolute atomic E-state index is 0.121. The Balaban J connectivity index is 1.44. The van der Waals surface area contributed by atoms with Crippen molar-refractivity contribution in [1.82, 2.24) is 0 Å². The first-order valence-electron chi connectivity index (χ1n) is 11.1. The average molecular weight is 409 g/mol. The van der Waals surface area contributed by atoms with E-state index in [-0.39, 0.29) is 11.6 Å². The number of hydrogen-bond donors (Lipinski definition) is 0. The molecule has 1 aliphatic rings. The van der Waals surface area contributed by atoms with Gasteiger partial charge in [0.2, 0.25) is 0 Å². The van der Waals surface area contributed by atoms with Crippen LogP contribution in [0.1, 0.15) is 54.7 Å². The SMILES string of the molecule is COCCC1CCC(c2ccc3c(F)c(CCc4ccc(F)cc4)ccc3c2)CC1. The third-order valence-electron chi connectivity index (χ3n) is 6.70. The molecule has 0 aliphatic heterocycles. The van der Waals surface area contributed by atoms with Crippen molar-refractivity contribution in [3.63, 3.8) is 0 Å². The van der Waals surface area contributed by atoms with Crippen LogP contribution in [0.2, 0.25) is 0 Å². The van der Waals surface area contributed by atoms with E-state index in [4.69, 9.17) is 4.74 Å². The van der Waals surface area contributed by atoms with Crippen molar-refractivity contribution in [3.05, 3.63) is 82.9 Å². The molecular weight excluding hydrogens is 378 g/mol. The molecule has 3 heteroatoms. The highest BCUT2D eigenvalue weighted by Gasteiger charge is 2.22. The Kier molecular flexibility index (Phi) is 6.79. The van der Waals surface area contributed by atoms with E-state index in [1.807, 2.05) is 18.2 Å². The lowest BCUT2D eigenvalue weighted by atomic mass is 9.77. The molecule has 0 radical (unpaired) electrons. The van der Waals surface area contributed by atoms with Gasteiger partial charge in [0.25, 0.3) is 0 Å². The molecule has 0 amide bonds. The predicted octanol–water partition coefficient (Wildman–Crippen LogP) is 7.21. The molecule has 0 unspecified atom stereocenters. The Morgan fingerprint density at radius 1 is 0.867 bits per heavy atom. The standard InChI is InChI=1S/C27H30F2O/c1-30-17-16-20-2-7-21(8-3-20)23-12-15-26-24(18-23)11-10-22(27(26)29)9-4-19-5-13-25(28)14-6-19/h5-6,10-15,18,20-21H,2-4,7-9,16-17H2,1H3. The van der Waals surface area contributed by atoms with Crippen molar-refractivity contribution in [2.24, 2.45) is 5.92 Å². The first kappa shape index (κ1) is 21.0. The van der Waals surface area contributed by atoms with Crippen molar-refractivity contribution in [1.29, 1.82) is 0 Å². The van der Waals surface area contributed by atoms with Crippen molar-refractivity contribution in [2.45, 2.75) is 50.9 Å². The summed E-state index contributed by atoms with van der Waals surface area (Å²) >= 11 is 0. The van der Waals surface area contributed by atoms with Crippen LogP contribution < -0.4 is 0 Å². The largest absolute Gasteiger partial charge is 0.385 e. The molecular formula is C27H30F2O. The molecule has 1 fully saturated rings. The maximum absolute atomic E-state index is 15.1. The van der Waals surface area contributed by atoms with E-state index in [1.165, 1.54) is 43.4 Å². The predicted molar refractivity (Wildman–Crippen MR) is 119 cm³/mol. The molecule has 0 bridgehead atoms. The Morgan fingerprint density at radius 2 is 1.63 bits per heavy atom. The average Bonchev–Trinajstić information content (AvgIpc) is 2.78. The van der Waals surface area contributed by atoms with Gasteiger partial charge in [0, 0.05) is 19.1 Å². The Morgan fingerprint density at radius 3 is 2.37 bits per heavy atom. The highest BCUT2D eigenvalue weighted by atomic mass is 19.1. The molecule has 3 aromatic carbocycles. The lowest BCUT2D eigenvalue weighted by Gasteiger charge is -2.29. The Labute approximate surface area is 178 Å². The smallest absolute Gasteiger partial charge is 0.134 e. The summed E-state index contributed by atoms with van der Waals surface area (Å²) in [5.74, 6) is 0.997. The fourth-order valence-corrected chi connectivity index (χ4v) is 4.80. The lowest BCUT2D eigenvalue weighted by Crippen LogP contribution is -2.14. The lowest BCUT2D eigenvalue weighted by molar-refractivity contribution is 0.163. The van der Waals surface area contributed by atoms with Crippen LogP contribution in [0.3, 0.4) is 0 Å². The van der Waals surface area contributed by atoms with E-state index in [2.05, 4.69) is 12.1 Å². The van der Waals surface area contributed by atoms with Crippen LogP contribution in [-0.2, 0) is 17.6 Å². The number of aryl methyl sites for hydroxylation is 2. The van der Waals surface area contributed by atoms with E-state index < -0.39 is 0 Å². The normalized spacial score (nSPS) is 19.3. The maximum atomic E-state index is 15.1. The summed E-state index contributed by atoms with van der Waals surface area (Å²) in [5.41, 5.74) is 3.08. The van der Waals surface area contributed by atoms with E-state index >= 15 is 4.39 Å². The van der Waals surface area contributed by atoms with E-state index in [0.29, 0.717) is 24.1 Å². The van der Waals surface area contributed by atoms with Gasteiger partial charge in [0.05, 0.1) is 0 Å². The molecule has 3 aromatic rings. The van der Waals surface area contributed by atoms with Crippen molar-refractivity contribution in [2.75, 3.05) is 13.7 Å². The van der Waals surface area contributed by atoms with Gasteiger partial charge in [0.1, 0.15) is 11.6 Å². The topological polar surface area (TPSA) is 9.23 Å². The molecule has 0 heterocycles. The van der Waals surface area contributed by atoms with Gasteiger partial charge in [-0.05, 0) is 91.0 Å². The van der Waals surface area contributed by atoms with Crippen LogP contribution in [0.25, 0.3) is 10.8 Å². The second-order valence-electron chi connectivity index (χ2n) is 8.64.